The van der Waals surface area contributed by atoms with E-state index in [-0.39, 0.29) is 0 Å². The molecule has 4 unspecified atom stereocenters. The van der Waals surface area contributed by atoms with Gasteiger partial charge in [-0.2, -0.15) is 52.0 Å². The summed E-state index contributed by atoms with van der Waals surface area (Å²) in [4.78, 5) is 24.9. The summed E-state index contributed by atoms with van der Waals surface area (Å²) in [5, 5.41) is -13.5. The summed E-state index contributed by atoms with van der Waals surface area (Å²) in [5.41, 5.74) is 0. The third kappa shape index (κ3) is 5.80. The molecule has 218 valence electrons. The molecule has 0 aliphatic heterocycles. The van der Waals surface area contributed by atoms with Crippen LogP contribution in [0.4, 0.5) is 35.1 Å². The van der Waals surface area contributed by atoms with E-state index < -0.39 is 96.8 Å². The molecule has 1 saturated carbocycles. The monoisotopic (exact) mass is 602 g/mol. The third-order valence-corrected chi connectivity index (χ3v) is 7.17. The summed E-state index contributed by atoms with van der Waals surface area (Å²) >= 11 is 0. The predicted octanol–water partition coefficient (Wildman–Crippen LogP) is 2.99. The number of hydrogen-bond donors (Lipinski definition) is 2. The molecule has 2 N–H and O–H groups in total. The van der Waals surface area contributed by atoms with E-state index in [1.165, 1.54) is 0 Å². The standard InChI is InChI=1S/C17H22F8O10S2/c1-6(2)34-12(26)8-5-9(13(27)35-7(3)4)11(15(20,21)17(24,25)37(31,32)33)10(8)14(18,19)16(22,23)36(28,29)30/h6-11H,5H2,1-4H3,(H,28,29,30)(H,31,32,33). The second-order valence-electron chi connectivity index (χ2n) is 8.70. The zero-order chi connectivity index (χ0) is 29.7. The molecule has 0 bridgehead atoms. The lowest BCUT2D eigenvalue weighted by Crippen LogP contribution is -2.61. The van der Waals surface area contributed by atoms with Gasteiger partial charge in [0.15, 0.2) is 0 Å². The van der Waals surface area contributed by atoms with Crippen molar-refractivity contribution in [2.75, 3.05) is 0 Å². The first-order valence-electron chi connectivity index (χ1n) is 10.0. The minimum atomic E-state index is -7.21. The van der Waals surface area contributed by atoms with Gasteiger partial charge in [0.2, 0.25) is 0 Å². The molecule has 0 spiro atoms. The van der Waals surface area contributed by atoms with E-state index in [4.69, 9.17) is 9.11 Å². The molecule has 1 rings (SSSR count). The fraction of sp³-hybridized carbons (Fsp3) is 0.882. The summed E-state index contributed by atoms with van der Waals surface area (Å²) in [7, 11) is -14.4. The van der Waals surface area contributed by atoms with Gasteiger partial charge in [-0.05, 0) is 34.1 Å². The molecule has 0 aromatic rings. The summed E-state index contributed by atoms with van der Waals surface area (Å²) in [6, 6.07) is 0. The second kappa shape index (κ2) is 10.1. The molecule has 20 heteroatoms. The van der Waals surface area contributed by atoms with Crippen LogP contribution in [0.15, 0.2) is 0 Å². The van der Waals surface area contributed by atoms with Crippen molar-refractivity contribution in [2.45, 2.75) is 68.7 Å². The highest BCUT2D eigenvalue weighted by molar-refractivity contribution is 7.87. The van der Waals surface area contributed by atoms with Gasteiger partial charge in [-0.3, -0.25) is 18.7 Å². The van der Waals surface area contributed by atoms with Crippen LogP contribution in [-0.2, 0) is 39.3 Å². The molecular weight excluding hydrogens is 580 g/mol. The molecule has 0 saturated heterocycles. The maximum atomic E-state index is 15.1. The first kappa shape index (κ1) is 33.2. The Bertz CT molecular complexity index is 1020. The molecule has 0 aromatic heterocycles. The number of carbonyl (C=O) groups is 2. The molecule has 0 aromatic carbocycles. The van der Waals surface area contributed by atoms with Gasteiger partial charge in [0, 0.05) is 0 Å². The second-order valence-corrected chi connectivity index (χ2v) is 11.6. The normalized spacial score (nSPS) is 24.4. The molecule has 10 nitrogen and oxygen atoms in total. The van der Waals surface area contributed by atoms with Gasteiger partial charge in [-0.25, -0.2) is 0 Å². The predicted molar refractivity (Wildman–Crippen MR) is 104 cm³/mol. The topological polar surface area (TPSA) is 161 Å². The van der Waals surface area contributed by atoms with E-state index in [0.717, 1.165) is 27.7 Å². The van der Waals surface area contributed by atoms with Crippen molar-refractivity contribution >= 4 is 32.2 Å². The molecule has 4 atom stereocenters. The molecule has 37 heavy (non-hydrogen) atoms. The Morgan fingerprint density at radius 3 is 1.11 bits per heavy atom. The van der Waals surface area contributed by atoms with Crippen molar-refractivity contribution in [3.63, 3.8) is 0 Å². The Kier molecular flexibility index (Phi) is 9.04. The number of esters is 2. The van der Waals surface area contributed by atoms with E-state index in [1.54, 1.807) is 0 Å². The number of ether oxygens (including phenoxy) is 2. The van der Waals surface area contributed by atoms with Crippen LogP contribution in [0, 0.1) is 23.7 Å². The summed E-state index contributed by atoms with van der Waals surface area (Å²) in [5.74, 6) is -31.9. The van der Waals surface area contributed by atoms with Crippen molar-refractivity contribution < 1.29 is 80.1 Å². The Morgan fingerprint density at radius 2 is 0.919 bits per heavy atom. The quantitative estimate of drug-likeness (QED) is 0.216. The van der Waals surface area contributed by atoms with Crippen molar-refractivity contribution in [1.82, 2.24) is 0 Å². The Morgan fingerprint density at radius 1 is 0.676 bits per heavy atom. The van der Waals surface area contributed by atoms with Gasteiger partial charge in [0.05, 0.1) is 35.9 Å². The van der Waals surface area contributed by atoms with Crippen LogP contribution in [-0.4, -0.2) is 72.4 Å². The van der Waals surface area contributed by atoms with Gasteiger partial charge < -0.3 is 9.47 Å². The van der Waals surface area contributed by atoms with Gasteiger partial charge in [0.25, 0.3) is 0 Å². The molecule has 1 aliphatic rings. The number of halogens is 8. The maximum absolute atomic E-state index is 15.1. The molecule has 0 heterocycles. The van der Waals surface area contributed by atoms with Crippen LogP contribution in [0.25, 0.3) is 0 Å². The zero-order valence-corrected chi connectivity index (χ0v) is 20.8. The van der Waals surface area contributed by atoms with Crippen molar-refractivity contribution in [3.8, 4) is 0 Å². The van der Waals surface area contributed by atoms with E-state index in [1.807, 2.05) is 0 Å². The van der Waals surface area contributed by atoms with Crippen LogP contribution in [0.5, 0.6) is 0 Å². The highest BCUT2D eigenvalue weighted by Gasteiger charge is 2.82. The van der Waals surface area contributed by atoms with Crippen LogP contribution in [0.1, 0.15) is 34.1 Å². The first-order chi connectivity index (χ1) is 16.2. The number of rotatable bonds is 10. The number of hydrogen-bond acceptors (Lipinski definition) is 8. The largest absolute Gasteiger partial charge is 0.463 e. The first-order valence-corrected chi connectivity index (χ1v) is 12.9. The third-order valence-electron chi connectivity index (χ3n) is 5.33. The van der Waals surface area contributed by atoms with E-state index in [0.29, 0.717) is 0 Å². The molecule has 0 radical (unpaired) electrons. The van der Waals surface area contributed by atoms with Crippen molar-refractivity contribution in [1.29, 1.82) is 0 Å². The minimum absolute atomic E-state index is 1.05. The van der Waals surface area contributed by atoms with Gasteiger partial charge in [-0.15, -0.1) is 0 Å². The van der Waals surface area contributed by atoms with Crippen LogP contribution in [0.2, 0.25) is 0 Å². The molecule has 1 aliphatic carbocycles. The van der Waals surface area contributed by atoms with Gasteiger partial charge in [0.1, 0.15) is 0 Å². The van der Waals surface area contributed by atoms with Crippen LogP contribution in [0.3, 0.4) is 0 Å². The molecule has 0 amide bonds. The summed E-state index contributed by atoms with van der Waals surface area (Å²) < 4.78 is 188. The van der Waals surface area contributed by atoms with Crippen molar-refractivity contribution in [2.24, 2.45) is 23.7 Å². The van der Waals surface area contributed by atoms with E-state index >= 15 is 17.6 Å². The lowest BCUT2D eigenvalue weighted by Gasteiger charge is -2.39. The Labute approximate surface area is 205 Å². The van der Waals surface area contributed by atoms with E-state index in [2.05, 4.69) is 9.47 Å². The van der Waals surface area contributed by atoms with Crippen molar-refractivity contribution in [3.05, 3.63) is 0 Å². The highest BCUT2D eigenvalue weighted by atomic mass is 32.2. The number of carbonyl (C=O) groups excluding carboxylic acids is 2. The lowest BCUT2D eigenvalue weighted by molar-refractivity contribution is -0.261. The molecular formula is C17H22F8O10S2. The SMILES string of the molecule is CC(C)OC(=O)C1CC(C(=O)OC(C)C)C(C(F)(F)C(F)(F)S(=O)(=O)O)C1C(F)(F)C(F)(F)S(=O)(=O)O. The maximum Gasteiger partial charge on any atom is 0.431 e. The Hall–Kier alpha value is -1.80. The van der Waals surface area contributed by atoms with Gasteiger partial charge in [-0.1, -0.05) is 0 Å². The zero-order valence-electron chi connectivity index (χ0n) is 19.2. The molecule has 1 fully saturated rings. The van der Waals surface area contributed by atoms with Crippen LogP contribution < -0.4 is 0 Å². The van der Waals surface area contributed by atoms with E-state index in [9.17, 15) is 44.0 Å². The average Bonchev–Trinajstić information content (AvgIpc) is 3.07. The lowest BCUT2D eigenvalue weighted by atomic mass is 9.77. The van der Waals surface area contributed by atoms with Crippen LogP contribution >= 0.6 is 0 Å². The fourth-order valence-corrected chi connectivity index (χ4v) is 4.84. The fourth-order valence-electron chi connectivity index (χ4n) is 3.88. The minimum Gasteiger partial charge on any atom is -0.463 e. The number of alkyl halides is 8. The average molecular weight is 602 g/mol. The summed E-state index contributed by atoms with van der Waals surface area (Å²) in [6.07, 6.45) is -4.26. The van der Waals surface area contributed by atoms with Gasteiger partial charge >= 0.3 is 54.5 Å². The highest BCUT2D eigenvalue weighted by Crippen LogP contribution is 2.62. The Balaban J connectivity index is 4.13. The summed E-state index contributed by atoms with van der Waals surface area (Å²) in [6.45, 7) is 4.21. The smallest absolute Gasteiger partial charge is 0.431 e.